The van der Waals surface area contributed by atoms with Crippen LogP contribution in [0.15, 0.2) is 13.2 Å². The minimum absolute atomic E-state index is 0.440. The minimum atomic E-state index is 0.440. The Morgan fingerprint density at radius 2 is 1.31 bits per heavy atom. The highest BCUT2D eigenvalue weighted by Gasteiger charge is 2.02. The second kappa shape index (κ2) is 9.90. The number of aromatic nitrogens is 2. The number of rotatable bonds is 2. The molecule has 2 N–H and O–H groups in total. The predicted molar refractivity (Wildman–Crippen MR) is 74.1 cm³/mol. The van der Waals surface area contributed by atoms with Gasteiger partial charge in [-0.2, -0.15) is 0 Å². The average Bonchev–Trinajstić information content (AvgIpc) is 2.37. The van der Waals surface area contributed by atoms with E-state index in [0.717, 1.165) is 11.4 Å². The molecule has 1 aromatic rings. The summed E-state index contributed by atoms with van der Waals surface area (Å²) in [5, 5.41) is 0. The average molecular weight is 221 g/mol. The highest BCUT2D eigenvalue weighted by atomic mass is 14.9. The Kier molecular flexibility index (Phi) is 10.4. The Bertz CT molecular complexity index is 297. The quantitative estimate of drug-likeness (QED) is 0.828. The molecule has 90 valence electrons. The van der Waals surface area contributed by atoms with E-state index in [1.54, 1.807) is 12.2 Å². The monoisotopic (exact) mass is 221 g/mol. The van der Waals surface area contributed by atoms with Crippen molar-refractivity contribution in [1.82, 2.24) is 9.97 Å². The summed E-state index contributed by atoms with van der Waals surface area (Å²) in [6, 6.07) is 0. The lowest BCUT2D eigenvalue weighted by Crippen LogP contribution is -2.01. The van der Waals surface area contributed by atoms with E-state index >= 15 is 0 Å². The fraction of sp³-hybridized carbons (Fsp3) is 0.385. The second-order valence-corrected chi connectivity index (χ2v) is 2.37. The first kappa shape index (κ1) is 16.8. The SMILES string of the molecule is C=Cc1nc(C)c(N)nc1C=C.CC.CC. The molecule has 0 aliphatic rings. The topological polar surface area (TPSA) is 51.8 Å². The van der Waals surface area contributed by atoms with Crippen molar-refractivity contribution in [1.29, 1.82) is 0 Å². The van der Waals surface area contributed by atoms with E-state index in [-0.39, 0.29) is 0 Å². The van der Waals surface area contributed by atoms with Gasteiger partial charge in [0.2, 0.25) is 0 Å². The van der Waals surface area contributed by atoms with Crippen LogP contribution in [0.4, 0.5) is 5.82 Å². The lowest BCUT2D eigenvalue weighted by Gasteiger charge is -2.03. The molecule has 0 aromatic carbocycles. The van der Waals surface area contributed by atoms with Crippen molar-refractivity contribution in [2.75, 3.05) is 5.73 Å². The predicted octanol–water partition coefficient (Wildman–Crippen LogP) is 3.71. The second-order valence-electron chi connectivity index (χ2n) is 2.37. The zero-order valence-corrected chi connectivity index (χ0v) is 11.0. The first-order chi connectivity index (χ1) is 7.69. The number of nitrogen functional groups attached to an aromatic ring is 1. The summed E-state index contributed by atoms with van der Waals surface area (Å²) in [7, 11) is 0. The maximum atomic E-state index is 5.56. The number of anilines is 1. The van der Waals surface area contributed by atoms with Crippen molar-refractivity contribution in [2.45, 2.75) is 34.6 Å². The van der Waals surface area contributed by atoms with Gasteiger partial charge in [0, 0.05) is 0 Å². The van der Waals surface area contributed by atoms with Gasteiger partial charge in [0.05, 0.1) is 17.1 Å². The highest BCUT2D eigenvalue weighted by molar-refractivity contribution is 5.59. The van der Waals surface area contributed by atoms with E-state index in [4.69, 9.17) is 5.73 Å². The van der Waals surface area contributed by atoms with Gasteiger partial charge in [0.15, 0.2) is 0 Å². The maximum Gasteiger partial charge on any atom is 0.145 e. The third-order valence-corrected chi connectivity index (χ3v) is 1.55. The van der Waals surface area contributed by atoms with Crippen LogP contribution in [0.3, 0.4) is 0 Å². The molecule has 1 rings (SSSR count). The van der Waals surface area contributed by atoms with Crippen molar-refractivity contribution >= 4 is 18.0 Å². The highest BCUT2D eigenvalue weighted by Crippen LogP contribution is 2.11. The Balaban J connectivity index is 0. The molecule has 0 saturated heterocycles. The molecule has 3 heteroatoms. The Morgan fingerprint density at radius 1 is 0.938 bits per heavy atom. The summed E-state index contributed by atoms with van der Waals surface area (Å²) < 4.78 is 0. The summed E-state index contributed by atoms with van der Waals surface area (Å²) in [5.74, 6) is 0.440. The van der Waals surface area contributed by atoms with E-state index < -0.39 is 0 Å². The molecule has 0 aliphatic carbocycles. The molecule has 3 nitrogen and oxygen atoms in total. The molecule has 1 aromatic heterocycles. The van der Waals surface area contributed by atoms with Crippen LogP contribution in [-0.4, -0.2) is 9.97 Å². The maximum absolute atomic E-state index is 5.56. The van der Waals surface area contributed by atoms with Gasteiger partial charge in [-0.25, -0.2) is 9.97 Å². The van der Waals surface area contributed by atoms with Crippen LogP contribution in [0, 0.1) is 6.92 Å². The normalized spacial score (nSPS) is 7.81. The molecule has 0 atom stereocenters. The molecule has 16 heavy (non-hydrogen) atoms. The van der Waals surface area contributed by atoms with Crippen LogP contribution < -0.4 is 5.73 Å². The van der Waals surface area contributed by atoms with Crippen molar-refractivity contribution in [2.24, 2.45) is 0 Å². The molecule has 1 heterocycles. The molecule has 0 saturated carbocycles. The first-order valence-corrected chi connectivity index (χ1v) is 5.58. The minimum Gasteiger partial charge on any atom is -0.382 e. The Hall–Kier alpha value is -1.64. The van der Waals surface area contributed by atoms with Gasteiger partial charge in [0.1, 0.15) is 5.82 Å². The summed E-state index contributed by atoms with van der Waals surface area (Å²) in [4.78, 5) is 8.27. The van der Waals surface area contributed by atoms with Crippen molar-refractivity contribution in [3.8, 4) is 0 Å². The van der Waals surface area contributed by atoms with E-state index in [9.17, 15) is 0 Å². The Labute approximate surface area is 99.1 Å². The number of hydrogen-bond acceptors (Lipinski definition) is 3. The first-order valence-electron chi connectivity index (χ1n) is 5.58. The molecular formula is C13H23N3. The Morgan fingerprint density at radius 3 is 1.69 bits per heavy atom. The summed E-state index contributed by atoms with van der Waals surface area (Å²) in [6.07, 6.45) is 3.25. The van der Waals surface area contributed by atoms with Crippen LogP contribution in [0.2, 0.25) is 0 Å². The molecule has 0 radical (unpaired) electrons. The molecule has 0 unspecified atom stereocenters. The number of nitrogens with zero attached hydrogens (tertiary/aromatic N) is 2. The molecule has 0 fully saturated rings. The van der Waals surface area contributed by atoms with Crippen LogP contribution >= 0.6 is 0 Å². The lowest BCUT2D eigenvalue weighted by molar-refractivity contribution is 1.10. The van der Waals surface area contributed by atoms with Gasteiger partial charge in [0.25, 0.3) is 0 Å². The number of nitrogens with two attached hydrogens (primary N) is 1. The van der Waals surface area contributed by atoms with Gasteiger partial charge in [-0.15, -0.1) is 0 Å². The van der Waals surface area contributed by atoms with Gasteiger partial charge in [-0.1, -0.05) is 40.9 Å². The van der Waals surface area contributed by atoms with Crippen LogP contribution in [0.25, 0.3) is 12.2 Å². The van der Waals surface area contributed by atoms with Crippen LogP contribution in [0.1, 0.15) is 44.8 Å². The smallest absolute Gasteiger partial charge is 0.145 e. The number of hydrogen-bond donors (Lipinski definition) is 1. The molecular weight excluding hydrogens is 198 g/mol. The van der Waals surface area contributed by atoms with Gasteiger partial charge >= 0.3 is 0 Å². The van der Waals surface area contributed by atoms with Gasteiger partial charge < -0.3 is 5.73 Å². The van der Waals surface area contributed by atoms with E-state index in [2.05, 4.69) is 23.1 Å². The van der Waals surface area contributed by atoms with Crippen molar-refractivity contribution in [3.05, 3.63) is 30.2 Å². The standard InChI is InChI=1S/C9H11N3.2C2H6/c1-4-7-8(5-2)12-9(10)6(3)11-7;2*1-2/h4-5H,1-2H2,3H3,(H2,10,12);2*1-2H3. The van der Waals surface area contributed by atoms with E-state index in [1.807, 2.05) is 34.6 Å². The zero-order chi connectivity index (χ0) is 13.1. The molecule has 0 aliphatic heterocycles. The zero-order valence-electron chi connectivity index (χ0n) is 11.0. The largest absolute Gasteiger partial charge is 0.382 e. The summed E-state index contributed by atoms with van der Waals surface area (Å²) in [6.45, 7) is 17.0. The van der Waals surface area contributed by atoms with E-state index in [0.29, 0.717) is 11.5 Å². The van der Waals surface area contributed by atoms with Crippen molar-refractivity contribution < 1.29 is 0 Å². The van der Waals surface area contributed by atoms with Crippen molar-refractivity contribution in [3.63, 3.8) is 0 Å². The number of aryl methyl sites for hydroxylation is 1. The third-order valence-electron chi connectivity index (χ3n) is 1.55. The van der Waals surface area contributed by atoms with Gasteiger partial charge in [-0.05, 0) is 19.1 Å². The molecule has 0 amide bonds. The lowest BCUT2D eigenvalue weighted by atomic mass is 10.2. The van der Waals surface area contributed by atoms with Gasteiger partial charge in [-0.3, -0.25) is 0 Å². The van der Waals surface area contributed by atoms with Crippen LogP contribution in [-0.2, 0) is 0 Å². The molecule has 0 spiro atoms. The fourth-order valence-corrected chi connectivity index (χ4v) is 0.864. The summed E-state index contributed by atoms with van der Waals surface area (Å²) >= 11 is 0. The summed E-state index contributed by atoms with van der Waals surface area (Å²) in [5.41, 5.74) is 7.68. The molecule has 0 bridgehead atoms. The fourth-order valence-electron chi connectivity index (χ4n) is 0.864. The third kappa shape index (κ3) is 4.73. The van der Waals surface area contributed by atoms with Crippen LogP contribution in [0.5, 0.6) is 0 Å². The van der Waals surface area contributed by atoms with E-state index in [1.165, 1.54) is 0 Å².